The Labute approximate surface area is 88.4 Å². The zero-order valence-corrected chi connectivity index (χ0v) is 10.1. The van der Waals surface area contributed by atoms with Crippen LogP contribution in [0.25, 0.3) is 0 Å². The second kappa shape index (κ2) is 5.13. The molecule has 1 N–H and O–H groups in total. The molecule has 2 atom stereocenters. The Hall–Kier alpha value is -0.0800. The predicted octanol–water partition coefficient (Wildman–Crippen LogP) is 2.44. The summed E-state index contributed by atoms with van der Waals surface area (Å²) in [6.45, 7) is 9.08. The summed E-state index contributed by atoms with van der Waals surface area (Å²) in [5.41, 5.74) is 0.459. The van der Waals surface area contributed by atoms with Gasteiger partial charge in [0.2, 0.25) is 0 Å². The lowest BCUT2D eigenvalue weighted by molar-refractivity contribution is 0.129. The zero-order chi connectivity index (χ0) is 10.6. The van der Waals surface area contributed by atoms with Crippen LogP contribution in [-0.4, -0.2) is 26.3 Å². The fourth-order valence-corrected chi connectivity index (χ4v) is 2.43. The highest BCUT2D eigenvalue weighted by Gasteiger charge is 2.37. The van der Waals surface area contributed by atoms with Crippen LogP contribution in [0.5, 0.6) is 0 Å². The van der Waals surface area contributed by atoms with Crippen molar-refractivity contribution >= 4 is 0 Å². The summed E-state index contributed by atoms with van der Waals surface area (Å²) in [6.07, 6.45) is 3.78. The second-order valence-corrected chi connectivity index (χ2v) is 5.28. The average Bonchev–Trinajstić information content (AvgIpc) is 2.45. The minimum absolute atomic E-state index is 0.459. The van der Waals surface area contributed by atoms with E-state index < -0.39 is 0 Å². The lowest BCUT2D eigenvalue weighted by Gasteiger charge is -2.32. The van der Waals surface area contributed by atoms with Gasteiger partial charge in [0, 0.05) is 19.8 Å². The molecule has 0 radical (unpaired) electrons. The van der Waals surface area contributed by atoms with Gasteiger partial charge in [-0.2, -0.15) is 0 Å². The van der Waals surface area contributed by atoms with Gasteiger partial charge in [-0.1, -0.05) is 20.8 Å². The van der Waals surface area contributed by atoms with Gasteiger partial charge in [0.05, 0.1) is 0 Å². The SMILES string of the molecule is COCCC1(C)CCNC1CC(C)C. The smallest absolute Gasteiger partial charge is 0.0468 e. The van der Waals surface area contributed by atoms with Crippen molar-refractivity contribution < 1.29 is 4.74 Å². The Balaban J connectivity index is 2.47. The molecule has 0 aromatic heterocycles. The first-order valence-corrected chi connectivity index (χ1v) is 5.81. The van der Waals surface area contributed by atoms with E-state index in [0.717, 1.165) is 12.5 Å². The van der Waals surface area contributed by atoms with Crippen molar-refractivity contribution in [3.05, 3.63) is 0 Å². The van der Waals surface area contributed by atoms with E-state index in [2.05, 4.69) is 26.1 Å². The fraction of sp³-hybridized carbons (Fsp3) is 1.00. The van der Waals surface area contributed by atoms with Crippen LogP contribution in [0.15, 0.2) is 0 Å². The van der Waals surface area contributed by atoms with Crippen LogP contribution in [0.4, 0.5) is 0 Å². The van der Waals surface area contributed by atoms with E-state index in [-0.39, 0.29) is 0 Å². The van der Waals surface area contributed by atoms with Gasteiger partial charge >= 0.3 is 0 Å². The van der Waals surface area contributed by atoms with Crippen molar-refractivity contribution in [2.24, 2.45) is 11.3 Å². The third-order valence-corrected chi connectivity index (χ3v) is 3.51. The molecule has 0 bridgehead atoms. The lowest BCUT2D eigenvalue weighted by Crippen LogP contribution is -2.36. The van der Waals surface area contributed by atoms with Crippen LogP contribution in [-0.2, 0) is 4.74 Å². The number of ether oxygens (including phenoxy) is 1. The molecular weight excluding hydrogens is 174 g/mol. The normalized spacial score (nSPS) is 32.8. The van der Waals surface area contributed by atoms with Gasteiger partial charge in [-0.3, -0.25) is 0 Å². The summed E-state index contributed by atoms with van der Waals surface area (Å²) in [5, 5.41) is 3.63. The third kappa shape index (κ3) is 2.96. The maximum atomic E-state index is 5.19. The van der Waals surface area contributed by atoms with Crippen LogP contribution in [0.2, 0.25) is 0 Å². The molecule has 14 heavy (non-hydrogen) atoms. The van der Waals surface area contributed by atoms with E-state index in [9.17, 15) is 0 Å². The Morgan fingerprint density at radius 1 is 1.50 bits per heavy atom. The molecule has 1 aliphatic rings. The molecule has 84 valence electrons. The lowest BCUT2D eigenvalue weighted by atomic mass is 9.77. The van der Waals surface area contributed by atoms with Crippen molar-refractivity contribution in [3.8, 4) is 0 Å². The van der Waals surface area contributed by atoms with Crippen molar-refractivity contribution in [1.82, 2.24) is 5.32 Å². The van der Waals surface area contributed by atoms with Gasteiger partial charge in [0.1, 0.15) is 0 Å². The number of methoxy groups -OCH3 is 1. The van der Waals surface area contributed by atoms with Crippen LogP contribution in [0.1, 0.15) is 40.0 Å². The molecule has 0 aromatic rings. The molecule has 1 saturated heterocycles. The van der Waals surface area contributed by atoms with Gasteiger partial charge in [0.25, 0.3) is 0 Å². The molecule has 2 heteroatoms. The first-order chi connectivity index (χ1) is 6.58. The topological polar surface area (TPSA) is 21.3 Å². The number of nitrogens with one attached hydrogen (secondary N) is 1. The van der Waals surface area contributed by atoms with Gasteiger partial charge in [-0.25, -0.2) is 0 Å². The van der Waals surface area contributed by atoms with Crippen LogP contribution < -0.4 is 5.32 Å². The molecule has 0 saturated carbocycles. The highest BCUT2D eigenvalue weighted by molar-refractivity contribution is 4.94. The zero-order valence-electron chi connectivity index (χ0n) is 10.1. The van der Waals surface area contributed by atoms with Crippen LogP contribution >= 0.6 is 0 Å². The van der Waals surface area contributed by atoms with Gasteiger partial charge in [-0.15, -0.1) is 0 Å². The number of hydrogen-bond donors (Lipinski definition) is 1. The van der Waals surface area contributed by atoms with E-state index in [1.807, 2.05) is 0 Å². The van der Waals surface area contributed by atoms with E-state index in [1.54, 1.807) is 7.11 Å². The minimum atomic E-state index is 0.459. The highest BCUT2D eigenvalue weighted by atomic mass is 16.5. The highest BCUT2D eigenvalue weighted by Crippen LogP contribution is 2.37. The molecular formula is C12H25NO. The number of rotatable bonds is 5. The Bertz CT molecular complexity index is 170. The monoisotopic (exact) mass is 199 g/mol. The van der Waals surface area contributed by atoms with Crippen molar-refractivity contribution in [2.45, 2.75) is 46.1 Å². The molecule has 0 aliphatic carbocycles. The Morgan fingerprint density at radius 3 is 2.79 bits per heavy atom. The molecule has 0 spiro atoms. The fourth-order valence-electron chi connectivity index (χ4n) is 2.43. The third-order valence-electron chi connectivity index (χ3n) is 3.51. The Morgan fingerprint density at radius 2 is 2.21 bits per heavy atom. The minimum Gasteiger partial charge on any atom is -0.385 e. The maximum absolute atomic E-state index is 5.19. The van der Waals surface area contributed by atoms with Gasteiger partial charge in [0.15, 0.2) is 0 Å². The van der Waals surface area contributed by atoms with Gasteiger partial charge in [-0.05, 0) is 37.1 Å². The van der Waals surface area contributed by atoms with Crippen molar-refractivity contribution in [1.29, 1.82) is 0 Å². The first kappa shape index (κ1) is 12.0. The molecule has 1 aliphatic heterocycles. The van der Waals surface area contributed by atoms with E-state index in [0.29, 0.717) is 11.5 Å². The molecule has 2 nitrogen and oxygen atoms in total. The van der Waals surface area contributed by atoms with Crippen molar-refractivity contribution in [2.75, 3.05) is 20.3 Å². The summed E-state index contributed by atoms with van der Waals surface area (Å²) in [6, 6.07) is 0.692. The van der Waals surface area contributed by atoms with E-state index in [1.165, 1.54) is 25.8 Å². The average molecular weight is 199 g/mol. The predicted molar refractivity (Wildman–Crippen MR) is 60.5 cm³/mol. The molecule has 1 rings (SSSR count). The molecule has 1 fully saturated rings. The quantitative estimate of drug-likeness (QED) is 0.734. The van der Waals surface area contributed by atoms with Gasteiger partial charge < -0.3 is 10.1 Å². The van der Waals surface area contributed by atoms with Crippen LogP contribution in [0, 0.1) is 11.3 Å². The summed E-state index contributed by atoms with van der Waals surface area (Å²) in [5.74, 6) is 0.785. The van der Waals surface area contributed by atoms with Crippen molar-refractivity contribution in [3.63, 3.8) is 0 Å². The summed E-state index contributed by atoms with van der Waals surface area (Å²) >= 11 is 0. The summed E-state index contributed by atoms with van der Waals surface area (Å²) in [7, 11) is 1.79. The second-order valence-electron chi connectivity index (χ2n) is 5.28. The molecule has 1 heterocycles. The van der Waals surface area contributed by atoms with E-state index >= 15 is 0 Å². The molecule has 0 aromatic carbocycles. The maximum Gasteiger partial charge on any atom is 0.0468 e. The summed E-state index contributed by atoms with van der Waals surface area (Å²) in [4.78, 5) is 0. The van der Waals surface area contributed by atoms with E-state index in [4.69, 9.17) is 4.74 Å². The first-order valence-electron chi connectivity index (χ1n) is 5.81. The Kier molecular flexibility index (Phi) is 4.39. The number of hydrogen-bond acceptors (Lipinski definition) is 2. The summed E-state index contributed by atoms with van der Waals surface area (Å²) < 4.78 is 5.19. The van der Waals surface area contributed by atoms with Crippen LogP contribution in [0.3, 0.4) is 0 Å². The molecule has 0 amide bonds. The largest absolute Gasteiger partial charge is 0.385 e. The molecule has 2 unspecified atom stereocenters. The standard InChI is InChI=1S/C12H25NO/c1-10(2)9-11-12(3,5-7-13-11)6-8-14-4/h10-11,13H,5-9H2,1-4H3.